The number of nitrogens with one attached hydrogen (secondary N) is 1. The first kappa shape index (κ1) is 14.6. The molecule has 2 rings (SSSR count). The molecule has 5 heteroatoms. The molecular formula is C14H23BrN4. The molecule has 19 heavy (non-hydrogen) atoms. The molecule has 0 spiro atoms. The van der Waals surface area contributed by atoms with E-state index in [1.54, 1.807) is 0 Å². The first-order valence-corrected chi connectivity index (χ1v) is 7.90. The number of aromatic nitrogens is 2. The molecular weight excluding hydrogens is 304 g/mol. The van der Waals surface area contributed by atoms with Crippen molar-refractivity contribution in [1.82, 2.24) is 9.97 Å². The van der Waals surface area contributed by atoms with Crippen LogP contribution in [0.1, 0.15) is 39.5 Å². The van der Waals surface area contributed by atoms with Crippen molar-refractivity contribution in [2.24, 2.45) is 5.92 Å². The van der Waals surface area contributed by atoms with Gasteiger partial charge < -0.3 is 10.2 Å². The molecule has 1 aromatic heterocycles. The van der Waals surface area contributed by atoms with Gasteiger partial charge in [-0.15, -0.1) is 0 Å². The molecule has 1 aliphatic carbocycles. The highest BCUT2D eigenvalue weighted by molar-refractivity contribution is 9.10. The van der Waals surface area contributed by atoms with Crippen molar-refractivity contribution >= 4 is 27.7 Å². The number of anilines is 2. The van der Waals surface area contributed by atoms with E-state index in [1.807, 2.05) is 6.20 Å². The third kappa shape index (κ3) is 3.59. The first-order valence-electron chi connectivity index (χ1n) is 7.11. The van der Waals surface area contributed by atoms with Crippen LogP contribution in [-0.4, -0.2) is 29.6 Å². The molecule has 1 aromatic rings. The number of nitrogens with zero attached hydrogens (tertiary/aromatic N) is 3. The minimum atomic E-state index is 0.594. The van der Waals surface area contributed by atoms with Crippen LogP contribution in [0.3, 0.4) is 0 Å². The highest BCUT2D eigenvalue weighted by Crippen LogP contribution is 2.31. The lowest BCUT2D eigenvalue weighted by atomic mass is 9.87. The lowest BCUT2D eigenvalue weighted by Gasteiger charge is -2.34. The van der Waals surface area contributed by atoms with Crippen LogP contribution in [0.5, 0.6) is 0 Å². The SMILES string of the molecule is CCNc1ncc(Br)c(N(C)C2CCC(C)CC2)n1. The zero-order chi connectivity index (χ0) is 13.8. The molecule has 0 aliphatic heterocycles. The van der Waals surface area contributed by atoms with E-state index in [-0.39, 0.29) is 0 Å². The quantitative estimate of drug-likeness (QED) is 0.916. The van der Waals surface area contributed by atoms with Gasteiger partial charge in [0.05, 0.1) is 4.47 Å². The monoisotopic (exact) mass is 326 g/mol. The predicted octanol–water partition coefficient (Wildman–Crippen LogP) is 3.69. The van der Waals surface area contributed by atoms with Crippen LogP contribution in [-0.2, 0) is 0 Å². The lowest BCUT2D eigenvalue weighted by Crippen LogP contribution is -2.35. The van der Waals surface area contributed by atoms with Gasteiger partial charge in [0, 0.05) is 25.8 Å². The Morgan fingerprint density at radius 3 is 2.68 bits per heavy atom. The van der Waals surface area contributed by atoms with E-state index in [2.05, 4.69) is 57.0 Å². The van der Waals surface area contributed by atoms with Crippen LogP contribution in [0.2, 0.25) is 0 Å². The number of rotatable bonds is 4. The van der Waals surface area contributed by atoms with Gasteiger partial charge in [0.25, 0.3) is 0 Å². The molecule has 0 bridgehead atoms. The van der Waals surface area contributed by atoms with Crippen molar-refractivity contribution in [3.8, 4) is 0 Å². The van der Waals surface area contributed by atoms with Gasteiger partial charge in [-0.25, -0.2) is 4.98 Å². The minimum absolute atomic E-state index is 0.594. The Bertz CT molecular complexity index is 416. The summed E-state index contributed by atoms with van der Waals surface area (Å²) in [6, 6.07) is 0.594. The summed E-state index contributed by atoms with van der Waals surface area (Å²) in [5.41, 5.74) is 0. The number of hydrogen-bond acceptors (Lipinski definition) is 4. The summed E-state index contributed by atoms with van der Waals surface area (Å²) in [5.74, 6) is 2.57. The average molecular weight is 327 g/mol. The second kappa shape index (κ2) is 6.55. The first-order chi connectivity index (χ1) is 9.11. The largest absolute Gasteiger partial charge is 0.356 e. The summed E-state index contributed by atoms with van der Waals surface area (Å²) in [5, 5.41) is 3.17. The Labute approximate surface area is 124 Å². The predicted molar refractivity (Wildman–Crippen MR) is 83.7 cm³/mol. The van der Waals surface area contributed by atoms with E-state index < -0.39 is 0 Å². The van der Waals surface area contributed by atoms with E-state index in [1.165, 1.54) is 25.7 Å². The molecule has 1 fully saturated rings. The Hall–Kier alpha value is -0.840. The third-order valence-corrected chi connectivity index (χ3v) is 4.49. The molecule has 1 aliphatic rings. The summed E-state index contributed by atoms with van der Waals surface area (Å²) in [4.78, 5) is 11.2. The highest BCUT2D eigenvalue weighted by Gasteiger charge is 2.24. The maximum Gasteiger partial charge on any atom is 0.224 e. The van der Waals surface area contributed by atoms with Gasteiger partial charge >= 0.3 is 0 Å². The van der Waals surface area contributed by atoms with Crippen LogP contribution in [0.15, 0.2) is 10.7 Å². The van der Waals surface area contributed by atoms with E-state index in [0.717, 1.165) is 22.8 Å². The summed E-state index contributed by atoms with van der Waals surface area (Å²) in [7, 11) is 2.14. The smallest absolute Gasteiger partial charge is 0.224 e. The van der Waals surface area contributed by atoms with Crippen molar-refractivity contribution in [3.05, 3.63) is 10.7 Å². The normalized spacial score (nSPS) is 23.2. The van der Waals surface area contributed by atoms with Crippen molar-refractivity contribution in [1.29, 1.82) is 0 Å². The van der Waals surface area contributed by atoms with Crippen molar-refractivity contribution in [2.45, 2.75) is 45.6 Å². The van der Waals surface area contributed by atoms with Gasteiger partial charge in [-0.1, -0.05) is 6.92 Å². The van der Waals surface area contributed by atoms with Crippen LogP contribution < -0.4 is 10.2 Å². The van der Waals surface area contributed by atoms with Gasteiger partial charge in [-0.2, -0.15) is 4.98 Å². The second-order valence-electron chi connectivity index (χ2n) is 5.42. The summed E-state index contributed by atoms with van der Waals surface area (Å²) in [6.45, 7) is 5.24. The second-order valence-corrected chi connectivity index (χ2v) is 6.27. The van der Waals surface area contributed by atoms with Crippen LogP contribution in [0, 0.1) is 5.92 Å². The number of hydrogen-bond donors (Lipinski definition) is 1. The Morgan fingerprint density at radius 1 is 1.37 bits per heavy atom. The molecule has 0 saturated heterocycles. The summed E-state index contributed by atoms with van der Waals surface area (Å²) in [6.07, 6.45) is 6.98. The molecule has 1 saturated carbocycles. The fourth-order valence-corrected chi connectivity index (χ4v) is 3.12. The van der Waals surface area contributed by atoms with Crippen molar-refractivity contribution in [3.63, 3.8) is 0 Å². The lowest BCUT2D eigenvalue weighted by molar-refractivity contribution is 0.340. The third-order valence-electron chi connectivity index (χ3n) is 3.93. The average Bonchev–Trinajstić information content (AvgIpc) is 2.41. The van der Waals surface area contributed by atoms with Gasteiger partial charge in [-0.05, 0) is 54.5 Å². The zero-order valence-corrected chi connectivity index (χ0v) is 13.6. The van der Waals surface area contributed by atoms with Gasteiger partial charge in [0.2, 0.25) is 5.95 Å². The van der Waals surface area contributed by atoms with Crippen molar-refractivity contribution in [2.75, 3.05) is 23.8 Å². The van der Waals surface area contributed by atoms with E-state index in [0.29, 0.717) is 12.0 Å². The maximum atomic E-state index is 4.61. The van der Waals surface area contributed by atoms with Crippen LogP contribution >= 0.6 is 15.9 Å². The van der Waals surface area contributed by atoms with Crippen LogP contribution in [0.4, 0.5) is 11.8 Å². The molecule has 0 radical (unpaired) electrons. The summed E-state index contributed by atoms with van der Waals surface area (Å²) < 4.78 is 0.968. The van der Waals surface area contributed by atoms with Gasteiger partial charge in [0.15, 0.2) is 0 Å². The molecule has 0 aromatic carbocycles. The van der Waals surface area contributed by atoms with E-state index >= 15 is 0 Å². The summed E-state index contributed by atoms with van der Waals surface area (Å²) >= 11 is 3.57. The molecule has 0 atom stereocenters. The number of halogens is 1. The molecule has 4 nitrogen and oxygen atoms in total. The fourth-order valence-electron chi connectivity index (χ4n) is 2.65. The zero-order valence-electron chi connectivity index (χ0n) is 12.0. The van der Waals surface area contributed by atoms with Crippen molar-refractivity contribution < 1.29 is 0 Å². The molecule has 1 N–H and O–H groups in total. The molecule has 1 heterocycles. The fraction of sp³-hybridized carbons (Fsp3) is 0.714. The van der Waals surface area contributed by atoms with E-state index in [9.17, 15) is 0 Å². The van der Waals surface area contributed by atoms with E-state index in [4.69, 9.17) is 0 Å². The Balaban J connectivity index is 2.13. The van der Waals surface area contributed by atoms with Gasteiger partial charge in [0.1, 0.15) is 5.82 Å². The topological polar surface area (TPSA) is 41.1 Å². The van der Waals surface area contributed by atoms with Gasteiger partial charge in [-0.3, -0.25) is 0 Å². The maximum absolute atomic E-state index is 4.61. The molecule has 0 unspecified atom stereocenters. The minimum Gasteiger partial charge on any atom is -0.356 e. The van der Waals surface area contributed by atoms with Crippen LogP contribution in [0.25, 0.3) is 0 Å². The highest BCUT2D eigenvalue weighted by atomic mass is 79.9. The Kier molecular flexibility index (Phi) is 5.02. The molecule has 0 amide bonds. The molecule has 106 valence electrons. The Morgan fingerprint density at radius 2 is 2.05 bits per heavy atom. The standard InChI is InChI=1S/C14H23BrN4/c1-4-16-14-17-9-12(15)13(18-14)19(3)11-7-5-10(2)6-8-11/h9-11H,4-8H2,1-3H3,(H,16,17,18).